The van der Waals surface area contributed by atoms with Gasteiger partial charge >= 0.3 is 11.9 Å². The first-order valence-electron chi connectivity index (χ1n) is 9.24. The second-order valence-corrected chi connectivity index (χ2v) is 7.91. The van der Waals surface area contributed by atoms with E-state index in [1.165, 1.54) is 11.3 Å². The Kier molecular flexibility index (Phi) is 6.60. The monoisotopic (exact) mass is 444 g/mol. The SMILES string of the molecule is Nc1nc(N)c2cc(CCc3ccc(C(=O)N[C@@H](CCC(=O)O)C(=O)O)s3)cnc2n1. The number of carboxylic acid groups (broad SMARTS) is 2. The van der Waals surface area contributed by atoms with Crippen molar-refractivity contribution in [2.75, 3.05) is 11.5 Å². The van der Waals surface area contributed by atoms with Crippen LogP contribution < -0.4 is 16.8 Å². The van der Waals surface area contributed by atoms with Gasteiger partial charge in [-0.15, -0.1) is 11.3 Å². The van der Waals surface area contributed by atoms with E-state index in [1.54, 1.807) is 18.3 Å². The minimum absolute atomic E-state index is 0.0581. The van der Waals surface area contributed by atoms with Crippen molar-refractivity contribution in [2.45, 2.75) is 31.7 Å². The van der Waals surface area contributed by atoms with Crippen LogP contribution in [0, 0.1) is 0 Å². The highest BCUT2D eigenvalue weighted by Crippen LogP contribution is 2.22. The first kappa shape index (κ1) is 21.9. The van der Waals surface area contributed by atoms with Gasteiger partial charge in [-0.2, -0.15) is 9.97 Å². The van der Waals surface area contributed by atoms with Crippen molar-refractivity contribution in [2.24, 2.45) is 0 Å². The Morgan fingerprint density at radius 3 is 2.61 bits per heavy atom. The van der Waals surface area contributed by atoms with Gasteiger partial charge in [0.2, 0.25) is 5.95 Å². The van der Waals surface area contributed by atoms with E-state index in [0.717, 1.165) is 10.4 Å². The van der Waals surface area contributed by atoms with Crippen molar-refractivity contribution in [1.82, 2.24) is 20.3 Å². The van der Waals surface area contributed by atoms with Crippen LogP contribution in [0.2, 0.25) is 0 Å². The fourth-order valence-corrected chi connectivity index (χ4v) is 3.80. The average molecular weight is 444 g/mol. The molecule has 3 aromatic rings. The van der Waals surface area contributed by atoms with Crippen LogP contribution >= 0.6 is 11.3 Å². The van der Waals surface area contributed by atoms with E-state index in [0.29, 0.717) is 28.8 Å². The molecule has 3 aromatic heterocycles. The standard InChI is InChI=1S/C19H20N6O5S/c20-15-11-7-9(8-22-16(11)25-19(21)24-15)1-2-10-3-5-13(31-10)17(28)23-12(18(29)30)4-6-14(26)27/h3,5,7-8,12H,1-2,4,6H2,(H,23,28)(H,26,27)(H,29,30)(H4,20,21,22,24,25)/t12-/m0/s1. The Labute approximate surface area is 180 Å². The van der Waals surface area contributed by atoms with Crippen molar-refractivity contribution >= 4 is 52.0 Å². The van der Waals surface area contributed by atoms with Gasteiger partial charge in [-0.25, -0.2) is 9.78 Å². The molecule has 162 valence electrons. The molecule has 7 N–H and O–H groups in total. The summed E-state index contributed by atoms with van der Waals surface area (Å²) >= 11 is 1.24. The molecule has 0 bridgehead atoms. The van der Waals surface area contributed by atoms with E-state index in [2.05, 4.69) is 20.3 Å². The number of carbonyl (C=O) groups is 3. The average Bonchev–Trinajstić information content (AvgIpc) is 3.18. The van der Waals surface area contributed by atoms with Crippen LogP contribution in [0.3, 0.4) is 0 Å². The van der Waals surface area contributed by atoms with E-state index in [1.807, 2.05) is 6.07 Å². The summed E-state index contributed by atoms with van der Waals surface area (Å²) in [5.74, 6) is -2.64. The lowest BCUT2D eigenvalue weighted by Gasteiger charge is -2.12. The molecular formula is C19H20N6O5S. The second kappa shape index (κ2) is 9.34. The fourth-order valence-electron chi connectivity index (χ4n) is 2.89. The molecule has 0 fully saturated rings. The van der Waals surface area contributed by atoms with E-state index in [-0.39, 0.29) is 24.6 Å². The molecule has 0 saturated carbocycles. The summed E-state index contributed by atoms with van der Waals surface area (Å²) in [5.41, 5.74) is 12.8. The number of nitrogens with zero attached hydrogens (tertiary/aromatic N) is 3. The predicted molar refractivity (Wildman–Crippen MR) is 114 cm³/mol. The zero-order valence-corrected chi connectivity index (χ0v) is 17.1. The Morgan fingerprint density at radius 2 is 1.90 bits per heavy atom. The number of aryl methyl sites for hydroxylation is 2. The van der Waals surface area contributed by atoms with Gasteiger partial charge in [-0.1, -0.05) is 0 Å². The maximum Gasteiger partial charge on any atom is 0.326 e. The molecule has 0 unspecified atom stereocenters. The van der Waals surface area contributed by atoms with Crippen molar-refractivity contribution < 1.29 is 24.6 Å². The van der Waals surface area contributed by atoms with Crippen molar-refractivity contribution in [3.05, 3.63) is 39.7 Å². The van der Waals surface area contributed by atoms with Crippen LogP contribution in [-0.4, -0.2) is 49.1 Å². The highest BCUT2D eigenvalue weighted by atomic mass is 32.1. The molecule has 0 aliphatic carbocycles. The van der Waals surface area contributed by atoms with E-state index in [4.69, 9.17) is 16.6 Å². The zero-order chi connectivity index (χ0) is 22.5. The molecular weight excluding hydrogens is 424 g/mol. The van der Waals surface area contributed by atoms with Gasteiger partial charge in [0.25, 0.3) is 5.91 Å². The molecule has 1 atom stereocenters. The summed E-state index contributed by atoms with van der Waals surface area (Å²) in [5, 5.41) is 20.9. The normalized spacial score (nSPS) is 11.9. The third kappa shape index (κ3) is 5.63. The van der Waals surface area contributed by atoms with Crippen LogP contribution in [0.25, 0.3) is 11.0 Å². The van der Waals surface area contributed by atoms with Crippen LogP contribution in [0.1, 0.15) is 33.0 Å². The number of anilines is 2. The summed E-state index contributed by atoms with van der Waals surface area (Å²) in [6.45, 7) is 0. The number of aromatic nitrogens is 3. The van der Waals surface area contributed by atoms with Gasteiger partial charge in [0.05, 0.1) is 10.3 Å². The first-order valence-corrected chi connectivity index (χ1v) is 10.1. The molecule has 11 nitrogen and oxygen atoms in total. The fraction of sp³-hybridized carbons (Fsp3) is 0.263. The number of hydrogen-bond acceptors (Lipinski definition) is 9. The van der Waals surface area contributed by atoms with Gasteiger partial charge in [-0.05, 0) is 43.0 Å². The number of amides is 1. The van der Waals surface area contributed by atoms with Gasteiger partial charge in [0.1, 0.15) is 11.9 Å². The number of nitrogens with two attached hydrogens (primary N) is 2. The van der Waals surface area contributed by atoms with Crippen LogP contribution in [0.5, 0.6) is 0 Å². The molecule has 31 heavy (non-hydrogen) atoms. The summed E-state index contributed by atoms with van der Waals surface area (Å²) < 4.78 is 0. The Bertz CT molecular complexity index is 1150. The molecule has 3 heterocycles. The van der Waals surface area contributed by atoms with E-state index >= 15 is 0 Å². The van der Waals surface area contributed by atoms with E-state index < -0.39 is 23.9 Å². The number of carbonyl (C=O) groups excluding carboxylic acids is 1. The first-order chi connectivity index (χ1) is 14.7. The van der Waals surface area contributed by atoms with Gasteiger partial charge in [0, 0.05) is 17.5 Å². The number of fused-ring (bicyclic) bond motifs is 1. The van der Waals surface area contributed by atoms with Gasteiger partial charge < -0.3 is 27.0 Å². The Balaban J connectivity index is 1.63. The van der Waals surface area contributed by atoms with Crippen molar-refractivity contribution in [3.8, 4) is 0 Å². The summed E-state index contributed by atoms with van der Waals surface area (Å²) in [7, 11) is 0. The third-order valence-corrected chi connectivity index (χ3v) is 5.59. The molecule has 12 heteroatoms. The number of pyridine rings is 1. The predicted octanol–water partition coefficient (Wildman–Crippen LogP) is 1.08. The van der Waals surface area contributed by atoms with Gasteiger partial charge in [-0.3, -0.25) is 9.59 Å². The molecule has 0 radical (unpaired) electrons. The summed E-state index contributed by atoms with van der Waals surface area (Å²) in [4.78, 5) is 47.7. The maximum atomic E-state index is 12.3. The minimum Gasteiger partial charge on any atom is -0.481 e. The lowest BCUT2D eigenvalue weighted by molar-refractivity contribution is -0.140. The number of hydrogen-bond donors (Lipinski definition) is 5. The number of nitrogen functional groups attached to an aromatic ring is 2. The highest BCUT2D eigenvalue weighted by Gasteiger charge is 2.22. The zero-order valence-electron chi connectivity index (χ0n) is 16.2. The van der Waals surface area contributed by atoms with Crippen LogP contribution in [0.15, 0.2) is 24.4 Å². The molecule has 3 rings (SSSR count). The van der Waals surface area contributed by atoms with Crippen LogP contribution in [0.4, 0.5) is 11.8 Å². The maximum absolute atomic E-state index is 12.3. The highest BCUT2D eigenvalue weighted by molar-refractivity contribution is 7.14. The number of rotatable bonds is 9. The Morgan fingerprint density at radius 1 is 1.13 bits per heavy atom. The third-order valence-electron chi connectivity index (χ3n) is 4.45. The largest absolute Gasteiger partial charge is 0.481 e. The molecule has 0 aliphatic rings. The number of thiophene rings is 1. The Hall–Kier alpha value is -3.80. The summed E-state index contributed by atoms with van der Waals surface area (Å²) in [6, 6.07) is 3.98. The number of aliphatic carboxylic acids is 2. The van der Waals surface area contributed by atoms with Crippen molar-refractivity contribution in [3.63, 3.8) is 0 Å². The van der Waals surface area contributed by atoms with E-state index in [9.17, 15) is 19.5 Å². The lowest BCUT2D eigenvalue weighted by atomic mass is 10.1. The second-order valence-electron chi connectivity index (χ2n) is 6.74. The number of nitrogens with one attached hydrogen (secondary N) is 1. The van der Waals surface area contributed by atoms with Crippen molar-refractivity contribution in [1.29, 1.82) is 0 Å². The molecule has 0 saturated heterocycles. The minimum atomic E-state index is -1.28. The lowest BCUT2D eigenvalue weighted by Crippen LogP contribution is -2.40. The molecule has 0 spiro atoms. The summed E-state index contributed by atoms with van der Waals surface area (Å²) in [6.07, 6.45) is 2.39. The van der Waals surface area contributed by atoms with Gasteiger partial charge in [0.15, 0.2) is 5.65 Å². The smallest absolute Gasteiger partial charge is 0.326 e. The topological polar surface area (TPSA) is 194 Å². The van der Waals surface area contributed by atoms with Crippen LogP contribution in [-0.2, 0) is 22.4 Å². The number of carboxylic acids is 2. The quantitative estimate of drug-likeness (QED) is 0.319. The molecule has 1 amide bonds. The molecule has 0 aromatic carbocycles. The molecule has 0 aliphatic heterocycles.